The van der Waals surface area contributed by atoms with Crippen molar-refractivity contribution in [2.75, 3.05) is 26.7 Å². The minimum Gasteiger partial charge on any atom is -0.496 e. The van der Waals surface area contributed by atoms with Crippen molar-refractivity contribution in [3.05, 3.63) is 65.2 Å². The molecule has 1 heterocycles. The number of hydrogen-bond donors (Lipinski definition) is 0. The number of carbonyl (C=O) groups excluding carboxylic acids is 1. The fraction of sp³-hybridized carbons (Fsp3) is 0.435. The van der Waals surface area contributed by atoms with Crippen molar-refractivity contribution in [1.82, 2.24) is 4.90 Å². The molecule has 2 aromatic carbocycles. The van der Waals surface area contributed by atoms with Crippen LogP contribution in [0.15, 0.2) is 48.5 Å². The normalized spacial score (nSPS) is 19.3. The van der Waals surface area contributed by atoms with E-state index in [1.165, 1.54) is 5.56 Å². The second kappa shape index (κ2) is 7.24. The van der Waals surface area contributed by atoms with Crippen LogP contribution in [0.25, 0.3) is 0 Å². The number of ether oxygens (including phenoxy) is 1. The van der Waals surface area contributed by atoms with E-state index in [1.54, 1.807) is 7.11 Å². The highest BCUT2D eigenvalue weighted by Crippen LogP contribution is 2.45. The molecular formula is C23H27NO2. The molecule has 4 rings (SSSR count). The van der Waals surface area contributed by atoms with E-state index in [9.17, 15) is 4.79 Å². The van der Waals surface area contributed by atoms with E-state index in [2.05, 4.69) is 35.2 Å². The zero-order valence-electron chi connectivity index (χ0n) is 15.5. The third-order valence-electron chi connectivity index (χ3n) is 6.31. The number of nitrogens with zero attached hydrogens (tertiary/aromatic N) is 1. The predicted octanol–water partition coefficient (Wildman–Crippen LogP) is 4.15. The maximum atomic E-state index is 13.3. The topological polar surface area (TPSA) is 29.5 Å². The van der Waals surface area contributed by atoms with E-state index in [0.29, 0.717) is 5.78 Å². The molecule has 0 amide bonds. The van der Waals surface area contributed by atoms with Crippen LogP contribution in [0, 0.1) is 5.41 Å². The first-order chi connectivity index (χ1) is 12.7. The number of Topliss-reactive ketones (excluding diaryl/α,β-unsaturated/α-hetero) is 1. The Morgan fingerprint density at radius 1 is 1.00 bits per heavy atom. The lowest BCUT2D eigenvalue weighted by Crippen LogP contribution is -2.46. The molecule has 0 bridgehead atoms. The Kier molecular flexibility index (Phi) is 4.82. The Bertz CT molecular complexity index is 776. The Labute approximate surface area is 156 Å². The molecule has 1 aliphatic heterocycles. The quantitative estimate of drug-likeness (QED) is 0.830. The fourth-order valence-electron chi connectivity index (χ4n) is 4.60. The van der Waals surface area contributed by atoms with Crippen molar-refractivity contribution in [3.63, 3.8) is 0 Å². The first kappa shape index (κ1) is 17.3. The Morgan fingerprint density at radius 2 is 1.77 bits per heavy atom. The third-order valence-corrected chi connectivity index (χ3v) is 6.31. The van der Waals surface area contributed by atoms with Crippen LogP contribution in [0.4, 0.5) is 0 Å². The molecule has 3 heteroatoms. The number of ketones is 1. The van der Waals surface area contributed by atoms with Crippen LogP contribution < -0.4 is 4.74 Å². The fourth-order valence-corrected chi connectivity index (χ4v) is 4.60. The van der Waals surface area contributed by atoms with Crippen LogP contribution in [-0.2, 0) is 12.8 Å². The van der Waals surface area contributed by atoms with E-state index >= 15 is 0 Å². The number of piperidine rings is 1. The molecule has 0 atom stereocenters. The average Bonchev–Trinajstić information content (AvgIpc) is 2.71. The summed E-state index contributed by atoms with van der Waals surface area (Å²) in [6, 6.07) is 16.6. The Morgan fingerprint density at radius 3 is 2.50 bits per heavy atom. The zero-order valence-corrected chi connectivity index (χ0v) is 15.5. The summed E-state index contributed by atoms with van der Waals surface area (Å²) in [4.78, 5) is 15.8. The summed E-state index contributed by atoms with van der Waals surface area (Å²) in [5.74, 6) is 1.21. The standard InChI is InChI=1S/C23H27NO2/c1-26-21-9-5-8-20-19(21)10-12-23(22(20)25)13-16-24(17-14-23)15-11-18-6-3-2-4-7-18/h2-9H,10-17H2,1H3. The number of rotatable bonds is 4. The van der Waals surface area contributed by atoms with E-state index in [0.717, 1.165) is 68.6 Å². The monoisotopic (exact) mass is 349 g/mol. The van der Waals surface area contributed by atoms with Crippen molar-refractivity contribution in [2.24, 2.45) is 5.41 Å². The first-order valence-electron chi connectivity index (χ1n) is 9.69. The summed E-state index contributed by atoms with van der Waals surface area (Å²) in [7, 11) is 1.69. The molecule has 1 spiro atoms. The lowest BCUT2D eigenvalue weighted by atomic mass is 9.65. The smallest absolute Gasteiger partial charge is 0.169 e. The van der Waals surface area contributed by atoms with Crippen LogP contribution in [0.5, 0.6) is 5.75 Å². The highest BCUT2D eigenvalue weighted by Gasteiger charge is 2.44. The molecular weight excluding hydrogens is 322 g/mol. The summed E-state index contributed by atoms with van der Waals surface area (Å²) in [6.07, 6.45) is 4.97. The molecule has 0 unspecified atom stereocenters. The van der Waals surface area contributed by atoms with Gasteiger partial charge in [0.15, 0.2) is 5.78 Å². The van der Waals surface area contributed by atoms with Gasteiger partial charge >= 0.3 is 0 Å². The van der Waals surface area contributed by atoms with Gasteiger partial charge in [-0.15, -0.1) is 0 Å². The molecule has 2 aliphatic rings. The third kappa shape index (κ3) is 3.16. The minimum atomic E-state index is -0.150. The van der Waals surface area contributed by atoms with Crippen molar-refractivity contribution in [2.45, 2.75) is 32.1 Å². The molecule has 1 aliphatic carbocycles. The largest absolute Gasteiger partial charge is 0.496 e. The number of likely N-dealkylation sites (tertiary alicyclic amines) is 1. The maximum absolute atomic E-state index is 13.3. The summed E-state index contributed by atoms with van der Waals surface area (Å²) in [5, 5.41) is 0. The summed E-state index contributed by atoms with van der Waals surface area (Å²) < 4.78 is 5.47. The Balaban J connectivity index is 1.41. The lowest BCUT2D eigenvalue weighted by molar-refractivity contribution is 0.0542. The van der Waals surface area contributed by atoms with Gasteiger partial charge in [0.1, 0.15) is 5.75 Å². The van der Waals surface area contributed by atoms with Crippen LogP contribution >= 0.6 is 0 Å². The van der Waals surface area contributed by atoms with Gasteiger partial charge in [0.2, 0.25) is 0 Å². The second-order valence-electron chi connectivity index (χ2n) is 7.67. The van der Waals surface area contributed by atoms with Gasteiger partial charge in [-0.25, -0.2) is 0 Å². The zero-order chi connectivity index (χ0) is 18.0. The van der Waals surface area contributed by atoms with Gasteiger partial charge in [-0.05, 0) is 56.8 Å². The Hall–Kier alpha value is -2.13. The predicted molar refractivity (Wildman–Crippen MR) is 104 cm³/mol. The maximum Gasteiger partial charge on any atom is 0.169 e. The number of benzene rings is 2. The summed E-state index contributed by atoms with van der Waals surface area (Å²) in [6.45, 7) is 3.13. The van der Waals surface area contributed by atoms with Gasteiger partial charge in [-0.3, -0.25) is 4.79 Å². The van der Waals surface area contributed by atoms with Gasteiger partial charge in [0.05, 0.1) is 7.11 Å². The van der Waals surface area contributed by atoms with Gasteiger partial charge in [-0.1, -0.05) is 42.5 Å². The summed E-state index contributed by atoms with van der Waals surface area (Å²) >= 11 is 0. The molecule has 0 N–H and O–H groups in total. The SMILES string of the molecule is COc1cccc2c1CCC1(CCN(CCc3ccccc3)CC1)C2=O. The van der Waals surface area contributed by atoms with Gasteiger partial charge < -0.3 is 9.64 Å². The molecule has 0 saturated carbocycles. The van der Waals surface area contributed by atoms with E-state index in [1.807, 2.05) is 18.2 Å². The molecule has 1 saturated heterocycles. The molecule has 3 nitrogen and oxygen atoms in total. The molecule has 136 valence electrons. The lowest BCUT2D eigenvalue weighted by Gasteiger charge is -2.43. The molecule has 1 fully saturated rings. The average molecular weight is 349 g/mol. The first-order valence-corrected chi connectivity index (χ1v) is 9.69. The van der Waals surface area contributed by atoms with Crippen LogP contribution in [0.2, 0.25) is 0 Å². The van der Waals surface area contributed by atoms with E-state index < -0.39 is 0 Å². The molecule has 26 heavy (non-hydrogen) atoms. The highest BCUT2D eigenvalue weighted by atomic mass is 16.5. The molecule has 0 radical (unpaired) electrons. The van der Waals surface area contributed by atoms with E-state index in [-0.39, 0.29) is 5.41 Å². The van der Waals surface area contributed by atoms with Gasteiger partial charge in [0, 0.05) is 23.1 Å². The summed E-state index contributed by atoms with van der Waals surface area (Å²) in [5.41, 5.74) is 3.25. The second-order valence-corrected chi connectivity index (χ2v) is 7.67. The van der Waals surface area contributed by atoms with Crippen molar-refractivity contribution in [1.29, 1.82) is 0 Å². The van der Waals surface area contributed by atoms with Crippen LogP contribution in [0.3, 0.4) is 0 Å². The van der Waals surface area contributed by atoms with Crippen LogP contribution in [-0.4, -0.2) is 37.4 Å². The number of methoxy groups -OCH3 is 1. The van der Waals surface area contributed by atoms with Crippen molar-refractivity contribution >= 4 is 5.78 Å². The van der Waals surface area contributed by atoms with E-state index in [4.69, 9.17) is 4.74 Å². The van der Waals surface area contributed by atoms with Crippen molar-refractivity contribution < 1.29 is 9.53 Å². The molecule has 2 aromatic rings. The van der Waals surface area contributed by atoms with Gasteiger partial charge in [0.25, 0.3) is 0 Å². The number of carbonyl (C=O) groups is 1. The van der Waals surface area contributed by atoms with Crippen molar-refractivity contribution in [3.8, 4) is 5.75 Å². The van der Waals surface area contributed by atoms with Crippen LogP contribution in [0.1, 0.15) is 40.7 Å². The van der Waals surface area contributed by atoms with Gasteiger partial charge in [-0.2, -0.15) is 0 Å². The highest BCUT2D eigenvalue weighted by molar-refractivity contribution is 6.03. The number of hydrogen-bond acceptors (Lipinski definition) is 3. The molecule has 0 aromatic heterocycles. The minimum absolute atomic E-state index is 0.150. The number of fused-ring (bicyclic) bond motifs is 1.